The number of amides is 1. The van der Waals surface area contributed by atoms with Crippen LogP contribution in [0.3, 0.4) is 0 Å². The molecule has 0 unspecified atom stereocenters. The smallest absolute Gasteiger partial charge is 0.410 e. The largest absolute Gasteiger partial charge is 0.490 e. The first-order chi connectivity index (χ1) is 15.6. The van der Waals surface area contributed by atoms with Gasteiger partial charge in [0.15, 0.2) is 21.4 Å². The number of nitrogens with zero attached hydrogens (tertiary/aromatic N) is 2. The van der Waals surface area contributed by atoms with Crippen molar-refractivity contribution in [1.82, 2.24) is 9.80 Å². The third-order valence-corrected chi connectivity index (χ3v) is 8.57. The van der Waals surface area contributed by atoms with Crippen LogP contribution in [0.4, 0.5) is 9.18 Å². The number of rotatable bonds is 6. The first-order valence-corrected chi connectivity index (χ1v) is 13.9. The molecule has 1 amide bonds. The van der Waals surface area contributed by atoms with Crippen molar-refractivity contribution in [3.05, 3.63) is 24.0 Å². The summed E-state index contributed by atoms with van der Waals surface area (Å²) in [6.45, 7) is 5.61. The van der Waals surface area contributed by atoms with E-state index in [1.807, 2.05) is 11.8 Å². The molecule has 3 fully saturated rings. The van der Waals surface area contributed by atoms with Gasteiger partial charge in [-0.15, -0.1) is 0 Å². The Balaban J connectivity index is 1.18. The van der Waals surface area contributed by atoms with E-state index in [0.717, 1.165) is 70.4 Å². The second-order valence-electron chi connectivity index (χ2n) is 10.0. The highest BCUT2D eigenvalue weighted by Gasteiger charge is 2.38. The summed E-state index contributed by atoms with van der Waals surface area (Å²) in [5.41, 5.74) is -0.257. The predicted molar refractivity (Wildman–Crippen MR) is 123 cm³/mol. The summed E-state index contributed by atoms with van der Waals surface area (Å²) >= 11 is 0. The first kappa shape index (κ1) is 24.3. The van der Waals surface area contributed by atoms with E-state index in [1.165, 1.54) is 12.1 Å². The number of benzene rings is 1. The Morgan fingerprint density at radius 3 is 2.33 bits per heavy atom. The van der Waals surface area contributed by atoms with Crippen LogP contribution in [0.1, 0.15) is 51.9 Å². The molecule has 1 heterocycles. The van der Waals surface area contributed by atoms with Crippen molar-refractivity contribution in [2.75, 3.05) is 39.0 Å². The van der Waals surface area contributed by atoms with Gasteiger partial charge in [0.1, 0.15) is 5.60 Å². The van der Waals surface area contributed by atoms with Gasteiger partial charge in [-0.05, 0) is 76.0 Å². The number of ether oxygens (including phenoxy) is 2. The van der Waals surface area contributed by atoms with Crippen molar-refractivity contribution in [1.29, 1.82) is 0 Å². The zero-order valence-corrected chi connectivity index (χ0v) is 20.4. The minimum absolute atomic E-state index is 0.0431. The lowest BCUT2D eigenvalue weighted by Crippen LogP contribution is -2.54. The molecule has 2 saturated carbocycles. The van der Waals surface area contributed by atoms with Crippen molar-refractivity contribution < 1.29 is 27.1 Å². The van der Waals surface area contributed by atoms with Gasteiger partial charge >= 0.3 is 6.09 Å². The Morgan fingerprint density at radius 2 is 1.79 bits per heavy atom. The molecule has 0 atom stereocenters. The fourth-order valence-electron chi connectivity index (χ4n) is 5.04. The summed E-state index contributed by atoms with van der Waals surface area (Å²) < 4.78 is 48.7. The first-order valence-electron chi connectivity index (χ1n) is 12.0. The molecule has 0 aromatic heterocycles. The van der Waals surface area contributed by atoms with Gasteiger partial charge in [0.2, 0.25) is 0 Å². The molecule has 0 N–H and O–H groups in total. The van der Waals surface area contributed by atoms with Gasteiger partial charge in [-0.1, -0.05) is 0 Å². The van der Waals surface area contributed by atoms with E-state index in [4.69, 9.17) is 9.47 Å². The van der Waals surface area contributed by atoms with Crippen LogP contribution in [0, 0.1) is 11.7 Å². The maximum absolute atomic E-state index is 14.2. The monoisotopic (exact) mass is 482 g/mol. The number of halogens is 1. The zero-order chi connectivity index (χ0) is 23.6. The van der Waals surface area contributed by atoms with E-state index >= 15 is 0 Å². The second kappa shape index (κ2) is 9.78. The maximum atomic E-state index is 14.2. The van der Waals surface area contributed by atoms with Crippen LogP contribution in [-0.4, -0.2) is 75.0 Å². The molecule has 184 valence electrons. The van der Waals surface area contributed by atoms with Gasteiger partial charge in [0.25, 0.3) is 0 Å². The maximum Gasteiger partial charge on any atom is 0.410 e. The molecule has 3 aliphatic rings. The highest BCUT2D eigenvalue weighted by molar-refractivity contribution is 7.90. The highest BCUT2D eigenvalue weighted by atomic mass is 32.2. The molecule has 1 aromatic rings. The summed E-state index contributed by atoms with van der Waals surface area (Å²) in [7, 11) is -3.44. The molecular weight excluding hydrogens is 447 g/mol. The lowest BCUT2D eigenvalue weighted by molar-refractivity contribution is -0.0535. The molecule has 9 heteroatoms. The van der Waals surface area contributed by atoms with Crippen LogP contribution in [-0.2, 0) is 14.6 Å². The fraction of sp³-hybridized carbons (Fsp3) is 0.708. The van der Waals surface area contributed by atoms with Crippen LogP contribution in [0.25, 0.3) is 0 Å². The van der Waals surface area contributed by atoms with Crippen LogP contribution in [0.2, 0.25) is 0 Å². The van der Waals surface area contributed by atoms with Crippen LogP contribution in [0.5, 0.6) is 5.75 Å². The van der Waals surface area contributed by atoms with E-state index in [-0.39, 0.29) is 22.3 Å². The molecule has 0 spiro atoms. The molecular formula is C24H35FN2O5S. The number of hydrogen-bond acceptors (Lipinski definition) is 6. The Bertz CT molecular complexity index is 950. The minimum atomic E-state index is -3.44. The summed E-state index contributed by atoms with van der Waals surface area (Å²) in [6, 6.07) is 4.30. The van der Waals surface area contributed by atoms with Crippen LogP contribution < -0.4 is 4.74 Å². The summed E-state index contributed by atoms with van der Waals surface area (Å²) in [5.74, 6) is -0.188. The van der Waals surface area contributed by atoms with E-state index < -0.39 is 15.7 Å². The van der Waals surface area contributed by atoms with Crippen molar-refractivity contribution >= 4 is 15.9 Å². The number of piperazine rings is 1. The van der Waals surface area contributed by atoms with Gasteiger partial charge in [0, 0.05) is 38.5 Å². The lowest BCUT2D eigenvalue weighted by atomic mass is 9.82. The van der Waals surface area contributed by atoms with Gasteiger partial charge in [-0.2, -0.15) is 0 Å². The molecule has 1 aliphatic heterocycles. The third-order valence-electron chi connectivity index (χ3n) is 7.46. The van der Waals surface area contributed by atoms with E-state index in [2.05, 4.69) is 4.90 Å². The molecule has 33 heavy (non-hydrogen) atoms. The third kappa shape index (κ3) is 5.98. The Hall–Kier alpha value is -1.87. The Labute approximate surface area is 196 Å². The Kier molecular flexibility index (Phi) is 7.19. The molecule has 1 aromatic carbocycles. The predicted octanol–water partition coefficient (Wildman–Crippen LogP) is 3.86. The number of carbonyl (C=O) groups excluding carboxylic acids is 1. The van der Waals surface area contributed by atoms with Gasteiger partial charge < -0.3 is 14.4 Å². The lowest BCUT2D eigenvalue weighted by Gasteiger charge is -2.43. The molecule has 2 aliphatic carbocycles. The molecule has 0 radical (unpaired) electrons. The quantitative estimate of drug-likeness (QED) is 0.613. The number of hydrogen-bond donors (Lipinski definition) is 0. The number of carbonyl (C=O) groups is 1. The van der Waals surface area contributed by atoms with E-state index in [0.29, 0.717) is 31.7 Å². The van der Waals surface area contributed by atoms with Crippen LogP contribution in [0.15, 0.2) is 23.1 Å². The second-order valence-corrected chi connectivity index (χ2v) is 12.1. The zero-order valence-electron chi connectivity index (χ0n) is 19.6. The Morgan fingerprint density at radius 1 is 1.12 bits per heavy atom. The van der Waals surface area contributed by atoms with E-state index in [1.54, 1.807) is 0 Å². The van der Waals surface area contributed by atoms with Crippen LogP contribution >= 0.6 is 0 Å². The topological polar surface area (TPSA) is 76.2 Å². The normalized spacial score (nSPS) is 25.8. The standard InChI is InChI=1S/C24H35FN2O5S/c1-24(10-3-11-24)32-23(28)27-14-12-26(13-15-27)19-6-4-18(5-7-19)17-31-22-9-8-20(16-21(22)25)33(2,29)30/h8-9,16,18-19H,3-7,10-15,17H2,1-2H3/t18-,19-. The van der Waals surface area contributed by atoms with Crippen molar-refractivity contribution in [3.8, 4) is 5.75 Å². The van der Waals surface area contributed by atoms with Crippen molar-refractivity contribution in [2.45, 2.75) is 68.4 Å². The average Bonchev–Trinajstić information content (AvgIpc) is 2.77. The molecule has 1 saturated heterocycles. The SMILES string of the molecule is CC1(OC(=O)N2CCN([C@H]3CC[C@H](COc4ccc(S(C)(=O)=O)cc4F)CC3)CC2)CCC1. The molecule has 7 nitrogen and oxygen atoms in total. The summed E-state index contributed by atoms with van der Waals surface area (Å²) in [6.07, 6.45) is 8.08. The van der Waals surface area contributed by atoms with Crippen molar-refractivity contribution in [2.24, 2.45) is 5.92 Å². The molecule has 0 bridgehead atoms. The molecule has 4 rings (SSSR count). The average molecular weight is 483 g/mol. The highest BCUT2D eigenvalue weighted by Crippen LogP contribution is 2.35. The number of sulfone groups is 1. The minimum Gasteiger partial charge on any atom is -0.490 e. The van der Waals surface area contributed by atoms with Crippen molar-refractivity contribution in [3.63, 3.8) is 0 Å². The summed E-state index contributed by atoms with van der Waals surface area (Å²) in [5, 5.41) is 0. The fourth-order valence-corrected chi connectivity index (χ4v) is 5.67. The van der Waals surface area contributed by atoms with Gasteiger partial charge in [0.05, 0.1) is 11.5 Å². The van der Waals surface area contributed by atoms with Gasteiger partial charge in [-0.3, -0.25) is 4.90 Å². The van der Waals surface area contributed by atoms with Gasteiger partial charge in [-0.25, -0.2) is 17.6 Å². The summed E-state index contributed by atoms with van der Waals surface area (Å²) in [4.78, 5) is 16.7. The van der Waals surface area contributed by atoms with E-state index in [9.17, 15) is 17.6 Å².